The lowest BCUT2D eigenvalue weighted by atomic mass is 10.1. The number of hydrogen-bond donors (Lipinski definition) is 1. The second kappa shape index (κ2) is 10.6. The van der Waals surface area contributed by atoms with E-state index in [2.05, 4.69) is 10.2 Å². The maximum Gasteiger partial charge on any atom is 0.257 e. The van der Waals surface area contributed by atoms with Gasteiger partial charge in [0.05, 0.1) is 23.3 Å². The highest BCUT2D eigenvalue weighted by Gasteiger charge is 2.25. The van der Waals surface area contributed by atoms with Crippen molar-refractivity contribution in [3.8, 4) is 5.75 Å². The molecule has 1 fully saturated rings. The van der Waals surface area contributed by atoms with E-state index in [0.717, 1.165) is 5.69 Å². The number of ether oxygens (including phenoxy) is 1. The highest BCUT2D eigenvalue weighted by atomic mass is 35.5. The highest BCUT2D eigenvalue weighted by molar-refractivity contribution is 6.36. The van der Waals surface area contributed by atoms with Crippen LogP contribution in [-0.4, -0.2) is 50.0 Å². The molecule has 0 unspecified atom stereocenters. The molecule has 0 bridgehead atoms. The molecule has 0 saturated carbocycles. The number of anilines is 2. The molecular formula is C25H22Cl3N3O3. The topological polar surface area (TPSA) is 61.9 Å². The molecule has 0 radical (unpaired) electrons. The van der Waals surface area contributed by atoms with Gasteiger partial charge >= 0.3 is 0 Å². The Morgan fingerprint density at radius 2 is 1.44 bits per heavy atom. The van der Waals surface area contributed by atoms with E-state index < -0.39 is 0 Å². The van der Waals surface area contributed by atoms with E-state index >= 15 is 0 Å². The SMILES string of the molecule is COc1ccc(Cl)cc1C(=O)N1CCN(c2ccc(NC(=O)c3cc(Cl)ccc3Cl)cc2)CC1. The Labute approximate surface area is 213 Å². The van der Waals surface area contributed by atoms with Crippen LogP contribution in [0, 0.1) is 0 Å². The van der Waals surface area contributed by atoms with Crippen molar-refractivity contribution in [1.82, 2.24) is 4.90 Å². The average molecular weight is 519 g/mol. The molecule has 176 valence electrons. The number of piperazine rings is 1. The average Bonchev–Trinajstić information content (AvgIpc) is 2.85. The predicted molar refractivity (Wildman–Crippen MR) is 137 cm³/mol. The van der Waals surface area contributed by atoms with E-state index in [0.29, 0.717) is 63.8 Å². The summed E-state index contributed by atoms with van der Waals surface area (Å²) in [6.07, 6.45) is 0. The zero-order valence-electron chi connectivity index (χ0n) is 18.4. The molecule has 1 aliphatic heterocycles. The molecule has 1 N–H and O–H groups in total. The third kappa shape index (κ3) is 5.41. The van der Waals surface area contributed by atoms with Gasteiger partial charge in [-0.15, -0.1) is 0 Å². The van der Waals surface area contributed by atoms with Gasteiger partial charge in [-0.3, -0.25) is 9.59 Å². The number of carbonyl (C=O) groups excluding carboxylic acids is 2. The van der Waals surface area contributed by atoms with E-state index in [1.54, 1.807) is 35.2 Å². The van der Waals surface area contributed by atoms with Crippen molar-refractivity contribution in [1.29, 1.82) is 0 Å². The minimum atomic E-state index is -0.330. The maximum absolute atomic E-state index is 13.0. The summed E-state index contributed by atoms with van der Waals surface area (Å²) in [5.74, 6) is 0.0779. The summed E-state index contributed by atoms with van der Waals surface area (Å²) in [5.41, 5.74) is 2.43. The van der Waals surface area contributed by atoms with Gasteiger partial charge in [-0.05, 0) is 60.7 Å². The Morgan fingerprint density at radius 3 is 2.09 bits per heavy atom. The van der Waals surface area contributed by atoms with Crippen LogP contribution in [0.1, 0.15) is 20.7 Å². The Bertz CT molecular complexity index is 1210. The molecule has 1 aliphatic rings. The molecule has 0 aliphatic carbocycles. The van der Waals surface area contributed by atoms with Crippen molar-refractivity contribution in [3.05, 3.63) is 86.9 Å². The van der Waals surface area contributed by atoms with E-state index in [-0.39, 0.29) is 11.8 Å². The standard InChI is InChI=1S/C25H22Cl3N3O3/c1-34-23-9-3-17(27)15-21(23)25(33)31-12-10-30(11-13-31)19-6-4-18(5-7-19)29-24(32)20-14-16(26)2-8-22(20)28/h2-9,14-15H,10-13H2,1H3,(H,29,32). The molecule has 2 amide bonds. The largest absolute Gasteiger partial charge is 0.496 e. The Hall–Kier alpha value is -2.93. The summed E-state index contributed by atoms with van der Waals surface area (Å²) < 4.78 is 5.32. The number of halogens is 3. The minimum absolute atomic E-state index is 0.100. The quantitative estimate of drug-likeness (QED) is 0.459. The van der Waals surface area contributed by atoms with Crippen LogP contribution in [0.2, 0.25) is 15.1 Å². The van der Waals surface area contributed by atoms with Crippen LogP contribution in [-0.2, 0) is 0 Å². The van der Waals surface area contributed by atoms with E-state index in [9.17, 15) is 9.59 Å². The molecule has 0 atom stereocenters. The van der Waals surface area contributed by atoms with Crippen LogP contribution in [0.3, 0.4) is 0 Å². The summed E-state index contributed by atoms with van der Waals surface area (Å²) in [4.78, 5) is 29.5. The lowest BCUT2D eigenvalue weighted by Gasteiger charge is -2.36. The molecule has 9 heteroatoms. The van der Waals surface area contributed by atoms with Crippen LogP contribution in [0.5, 0.6) is 5.75 Å². The number of hydrogen-bond acceptors (Lipinski definition) is 4. The molecule has 34 heavy (non-hydrogen) atoms. The summed E-state index contributed by atoms with van der Waals surface area (Å²) in [6.45, 7) is 2.50. The first-order chi connectivity index (χ1) is 16.4. The Balaban J connectivity index is 1.37. The summed E-state index contributed by atoms with van der Waals surface area (Å²) >= 11 is 18.2. The van der Waals surface area contributed by atoms with Gasteiger partial charge in [-0.25, -0.2) is 0 Å². The molecule has 3 aromatic carbocycles. The van der Waals surface area contributed by atoms with Crippen molar-refractivity contribution in [2.24, 2.45) is 0 Å². The van der Waals surface area contributed by atoms with Crippen LogP contribution in [0.15, 0.2) is 60.7 Å². The van der Waals surface area contributed by atoms with Gasteiger partial charge in [0.1, 0.15) is 5.75 Å². The summed E-state index contributed by atoms with van der Waals surface area (Å²) in [5, 5.41) is 4.10. The molecule has 1 saturated heterocycles. The Kier molecular flexibility index (Phi) is 7.51. The minimum Gasteiger partial charge on any atom is -0.496 e. The summed E-state index contributed by atoms with van der Waals surface area (Å²) in [6, 6.07) is 17.3. The van der Waals surface area contributed by atoms with E-state index in [1.165, 1.54) is 13.2 Å². The van der Waals surface area contributed by atoms with Gasteiger partial charge in [-0.1, -0.05) is 34.8 Å². The lowest BCUT2D eigenvalue weighted by Crippen LogP contribution is -2.48. The van der Waals surface area contributed by atoms with Gasteiger partial charge in [0.15, 0.2) is 0 Å². The number of nitrogens with one attached hydrogen (secondary N) is 1. The fourth-order valence-corrected chi connectivity index (χ4v) is 4.36. The van der Waals surface area contributed by atoms with Crippen LogP contribution >= 0.6 is 34.8 Å². The number of rotatable bonds is 5. The number of amides is 2. The molecule has 0 spiro atoms. The third-order valence-electron chi connectivity index (χ3n) is 5.62. The molecule has 1 heterocycles. The van der Waals surface area contributed by atoms with Crippen LogP contribution in [0.4, 0.5) is 11.4 Å². The van der Waals surface area contributed by atoms with Gasteiger partial charge < -0.3 is 19.9 Å². The number of benzene rings is 3. The molecule has 3 aromatic rings. The van der Waals surface area contributed by atoms with Gasteiger partial charge in [0, 0.05) is 47.6 Å². The zero-order valence-corrected chi connectivity index (χ0v) is 20.6. The fraction of sp³-hybridized carbons (Fsp3) is 0.200. The zero-order chi connectivity index (χ0) is 24.2. The van der Waals surface area contributed by atoms with Crippen molar-refractivity contribution < 1.29 is 14.3 Å². The first kappa shape index (κ1) is 24.2. The molecular weight excluding hydrogens is 497 g/mol. The molecule has 4 rings (SSSR count). The van der Waals surface area contributed by atoms with Crippen molar-refractivity contribution in [2.75, 3.05) is 43.5 Å². The van der Waals surface area contributed by atoms with E-state index in [4.69, 9.17) is 39.5 Å². The number of nitrogens with zero attached hydrogens (tertiary/aromatic N) is 2. The monoisotopic (exact) mass is 517 g/mol. The number of methoxy groups -OCH3 is 1. The molecule has 0 aromatic heterocycles. The van der Waals surface area contributed by atoms with Crippen LogP contribution in [0.25, 0.3) is 0 Å². The second-order valence-corrected chi connectivity index (χ2v) is 9.03. The van der Waals surface area contributed by atoms with Gasteiger partial charge in [0.2, 0.25) is 0 Å². The normalized spacial score (nSPS) is 13.5. The fourth-order valence-electron chi connectivity index (χ4n) is 3.81. The van der Waals surface area contributed by atoms with Crippen molar-refractivity contribution in [2.45, 2.75) is 0 Å². The predicted octanol–water partition coefficient (Wildman–Crippen LogP) is 5.87. The lowest BCUT2D eigenvalue weighted by molar-refractivity contribution is 0.0743. The smallest absolute Gasteiger partial charge is 0.257 e. The first-order valence-corrected chi connectivity index (χ1v) is 11.7. The third-order valence-corrected chi connectivity index (χ3v) is 6.42. The van der Waals surface area contributed by atoms with Crippen LogP contribution < -0.4 is 15.0 Å². The van der Waals surface area contributed by atoms with Gasteiger partial charge in [0.25, 0.3) is 11.8 Å². The highest BCUT2D eigenvalue weighted by Crippen LogP contribution is 2.26. The second-order valence-electron chi connectivity index (χ2n) is 7.75. The van der Waals surface area contributed by atoms with Crippen molar-refractivity contribution >= 4 is 58.0 Å². The van der Waals surface area contributed by atoms with Crippen molar-refractivity contribution in [3.63, 3.8) is 0 Å². The molecule has 6 nitrogen and oxygen atoms in total. The summed E-state index contributed by atoms with van der Waals surface area (Å²) in [7, 11) is 1.54. The maximum atomic E-state index is 13.0. The van der Waals surface area contributed by atoms with E-state index in [1.807, 2.05) is 24.3 Å². The Morgan fingerprint density at radius 1 is 0.824 bits per heavy atom. The van der Waals surface area contributed by atoms with Gasteiger partial charge in [-0.2, -0.15) is 0 Å². The number of carbonyl (C=O) groups is 2. The first-order valence-electron chi connectivity index (χ1n) is 10.6.